The SMILES string of the molecule is N#Cc1c(-n2c3ccccc3c3ccccc32)c(F)c(-c2ccccc2)c(-n2c3ccccc3c3ccccc32)c1-n1c2ccccc2c2ccccc21. The number of nitriles is 1. The van der Waals surface area contributed by atoms with Crippen LogP contribution in [0, 0.1) is 17.1 Å². The van der Waals surface area contributed by atoms with Crippen LogP contribution in [0.3, 0.4) is 0 Å². The Kier molecular flexibility index (Phi) is 6.46. The van der Waals surface area contributed by atoms with Crippen molar-refractivity contribution in [3.63, 3.8) is 0 Å². The zero-order valence-electron chi connectivity index (χ0n) is 28.9. The molecule has 0 fully saturated rings. The average molecular weight is 693 g/mol. The van der Waals surface area contributed by atoms with Gasteiger partial charge in [0.05, 0.1) is 44.5 Å². The summed E-state index contributed by atoms with van der Waals surface area (Å²) in [4.78, 5) is 0. The molecule has 0 aliphatic carbocycles. The van der Waals surface area contributed by atoms with E-state index in [0.717, 1.165) is 65.4 Å². The van der Waals surface area contributed by atoms with Gasteiger partial charge in [-0.15, -0.1) is 0 Å². The summed E-state index contributed by atoms with van der Waals surface area (Å²) in [5.41, 5.74) is 8.13. The van der Waals surface area contributed by atoms with Crippen LogP contribution in [-0.2, 0) is 0 Å². The zero-order chi connectivity index (χ0) is 35.9. The summed E-state index contributed by atoms with van der Waals surface area (Å²) in [5.74, 6) is -0.467. The third-order valence-electron chi connectivity index (χ3n) is 10.9. The quantitative estimate of drug-likeness (QED) is 0.181. The van der Waals surface area contributed by atoms with Crippen molar-refractivity contribution in [2.24, 2.45) is 0 Å². The van der Waals surface area contributed by atoms with Gasteiger partial charge in [0, 0.05) is 37.9 Å². The van der Waals surface area contributed by atoms with Crippen molar-refractivity contribution in [1.29, 1.82) is 5.26 Å². The van der Waals surface area contributed by atoms with E-state index in [-0.39, 0.29) is 11.3 Å². The summed E-state index contributed by atoms with van der Waals surface area (Å²) < 4.78 is 25.0. The molecule has 252 valence electrons. The van der Waals surface area contributed by atoms with E-state index in [4.69, 9.17) is 0 Å². The lowest BCUT2D eigenvalue weighted by molar-refractivity contribution is 0.622. The van der Waals surface area contributed by atoms with E-state index in [2.05, 4.69) is 75.9 Å². The molecule has 4 nitrogen and oxygen atoms in total. The average Bonchev–Trinajstić information content (AvgIpc) is 3.87. The molecule has 11 aromatic rings. The van der Waals surface area contributed by atoms with E-state index < -0.39 is 5.82 Å². The minimum absolute atomic E-state index is 0.218. The number of hydrogen-bond donors (Lipinski definition) is 0. The van der Waals surface area contributed by atoms with Crippen LogP contribution >= 0.6 is 0 Å². The summed E-state index contributed by atoms with van der Waals surface area (Å²) in [6.45, 7) is 0. The third-order valence-corrected chi connectivity index (χ3v) is 10.9. The molecule has 3 heterocycles. The molecule has 5 heteroatoms. The Morgan fingerprint density at radius 3 is 1.00 bits per heavy atom. The topological polar surface area (TPSA) is 38.6 Å². The van der Waals surface area contributed by atoms with Crippen LogP contribution in [0.25, 0.3) is 93.6 Å². The maximum Gasteiger partial charge on any atom is 0.158 e. The van der Waals surface area contributed by atoms with Gasteiger partial charge in [-0.2, -0.15) is 5.26 Å². The molecular weight excluding hydrogens is 664 g/mol. The first-order valence-electron chi connectivity index (χ1n) is 18.0. The normalized spacial score (nSPS) is 11.8. The molecule has 0 saturated carbocycles. The number of rotatable bonds is 4. The first-order chi connectivity index (χ1) is 26.7. The Balaban J connectivity index is 1.47. The first kappa shape index (κ1) is 30.2. The summed E-state index contributed by atoms with van der Waals surface area (Å²) in [6, 6.07) is 61.6. The highest BCUT2D eigenvalue weighted by Gasteiger charge is 2.33. The van der Waals surface area contributed by atoms with Crippen LogP contribution in [0.15, 0.2) is 176 Å². The van der Waals surface area contributed by atoms with Crippen molar-refractivity contribution in [2.45, 2.75) is 0 Å². The van der Waals surface area contributed by atoms with E-state index in [1.165, 1.54) is 0 Å². The van der Waals surface area contributed by atoms with Crippen LogP contribution in [0.2, 0.25) is 0 Å². The highest BCUT2D eigenvalue weighted by atomic mass is 19.1. The van der Waals surface area contributed by atoms with Gasteiger partial charge < -0.3 is 13.7 Å². The van der Waals surface area contributed by atoms with Crippen molar-refractivity contribution in [1.82, 2.24) is 13.7 Å². The van der Waals surface area contributed by atoms with E-state index >= 15 is 4.39 Å². The maximum atomic E-state index is 18.7. The van der Waals surface area contributed by atoms with Crippen LogP contribution in [0.1, 0.15) is 5.56 Å². The Labute approximate surface area is 309 Å². The summed E-state index contributed by atoms with van der Waals surface area (Å²) in [7, 11) is 0. The van der Waals surface area contributed by atoms with Crippen LogP contribution in [0.4, 0.5) is 4.39 Å². The third kappa shape index (κ3) is 4.05. The standard InChI is InChI=1S/C49H29FN4/c50-46-45(31-16-2-1-3-17-31)49(54-43-28-14-8-22-36(43)37-23-9-15-29-44(37)54)48(53-41-26-12-6-20-34(41)35-21-7-13-27-42(35)53)38(30-51)47(46)52-39-24-10-4-18-32(39)33-19-5-11-25-40(33)52/h1-29H. The van der Waals surface area contributed by atoms with E-state index in [9.17, 15) is 5.26 Å². The lowest BCUT2D eigenvalue weighted by atomic mass is 9.95. The van der Waals surface area contributed by atoms with Gasteiger partial charge in [-0.05, 0) is 42.0 Å². The lowest BCUT2D eigenvalue weighted by Gasteiger charge is -2.25. The number of para-hydroxylation sites is 6. The minimum Gasteiger partial charge on any atom is -0.306 e. The van der Waals surface area contributed by atoms with Gasteiger partial charge in [-0.3, -0.25) is 0 Å². The molecular formula is C49H29FN4. The fraction of sp³-hybridized carbons (Fsp3) is 0. The summed E-state index contributed by atoms with van der Waals surface area (Å²) in [6.07, 6.45) is 0. The second-order valence-corrected chi connectivity index (χ2v) is 13.7. The van der Waals surface area contributed by atoms with Gasteiger partial charge >= 0.3 is 0 Å². The van der Waals surface area contributed by atoms with Crippen LogP contribution in [0.5, 0.6) is 0 Å². The molecule has 0 radical (unpaired) electrons. The van der Waals surface area contributed by atoms with E-state index in [0.29, 0.717) is 22.5 Å². The zero-order valence-corrected chi connectivity index (χ0v) is 28.9. The van der Waals surface area contributed by atoms with Gasteiger partial charge in [0.1, 0.15) is 17.3 Å². The second-order valence-electron chi connectivity index (χ2n) is 13.7. The predicted molar refractivity (Wildman–Crippen MR) is 220 cm³/mol. The summed E-state index contributed by atoms with van der Waals surface area (Å²) >= 11 is 0. The molecule has 0 atom stereocenters. The van der Waals surface area contributed by atoms with Gasteiger partial charge in [-0.25, -0.2) is 4.39 Å². The van der Waals surface area contributed by atoms with Gasteiger partial charge in [0.15, 0.2) is 5.82 Å². The van der Waals surface area contributed by atoms with Crippen molar-refractivity contribution >= 4 is 65.4 Å². The highest BCUT2D eigenvalue weighted by molar-refractivity contribution is 6.14. The molecule has 0 aliphatic rings. The number of halogens is 1. The Bertz CT molecular complexity index is 3200. The van der Waals surface area contributed by atoms with E-state index in [1.54, 1.807) is 0 Å². The maximum absolute atomic E-state index is 18.7. The van der Waals surface area contributed by atoms with Gasteiger partial charge in [0.25, 0.3) is 0 Å². The molecule has 0 N–H and O–H groups in total. The second kappa shape index (κ2) is 11.5. The van der Waals surface area contributed by atoms with Crippen molar-refractivity contribution < 1.29 is 4.39 Å². The molecule has 0 spiro atoms. The largest absolute Gasteiger partial charge is 0.306 e. The summed E-state index contributed by atoms with van der Waals surface area (Å²) in [5, 5.41) is 17.8. The first-order valence-corrected chi connectivity index (χ1v) is 18.0. The fourth-order valence-corrected chi connectivity index (χ4v) is 8.79. The smallest absolute Gasteiger partial charge is 0.158 e. The molecule has 0 amide bonds. The molecule has 54 heavy (non-hydrogen) atoms. The number of nitrogens with zero attached hydrogens (tertiary/aromatic N) is 4. The molecule has 0 unspecified atom stereocenters. The monoisotopic (exact) mass is 692 g/mol. The minimum atomic E-state index is -0.467. The fourth-order valence-electron chi connectivity index (χ4n) is 8.79. The van der Waals surface area contributed by atoms with Crippen molar-refractivity contribution in [2.75, 3.05) is 0 Å². The molecule has 0 saturated heterocycles. The molecule has 0 bridgehead atoms. The van der Waals surface area contributed by atoms with Crippen LogP contribution in [-0.4, -0.2) is 13.7 Å². The van der Waals surface area contributed by atoms with Crippen molar-refractivity contribution in [3.8, 4) is 34.3 Å². The number of hydrogen-bond acceptors (Lipinski definition) is 1. The Hall–Kier alpha value is -7.42. The van der Waals surface area contributed by atoms with Crippen molar-refractivity contribution in [3.05, 3.63) is 187 Å². The molecule has 3 aromatic heterocycles. The van der Waals surface area contributed by atoms with Gasteiger partial charge in [0.2, 0.25) is 0 Å². The van der Waals surface area contributed by atoms with Gasteiger partial charge in [-0.1, -0.05) is 140 Å². The number of aromatic nitrogens is 3. The number of fused-ring (bicyclic) bond motifs is 9. The molecule has 8 aromatic carbocycles. The molecule has 11 rings (SSSR count). The predicted octanol–water partition coefficient (Wildman–Crippen LogP) is 12.7. The highest BCUT2D eigenvalue weighted by Crippen LogP contribution is 2.48. The van der Waals surface area contributed by atoms with Crippen LogP contribution < -0.4 is 0 Å². The van der Waals surface area contributed by atoms with E-state index in [1.807, 2.05) is 120 Å². The molecule has 0 aliphatic heterocycles. The Morgan fingerprint density at radius 1 is 0.352 bits per heavy atom. The number of benzene rings is 8. The lowest BCUT2D eigenvalue weighted by Crippen LogP contribution is -2.14. The Morgan fingerprint density at radius 2 is 0.648 bits per heavy atom.